The third-order valence-corrected chi connectivity index (χ3v) is 4.98. The van der Waals surface area contributed by atoms with Crippen LogP contribution in [0.15, 0.2) is 0 Å². The predicted molar refractivity (Wildman–Crippen MR) is 105 cm³/mol. The molecule has 0 saturated heterocycles. The van der Waals surface area contributed by atoms with Crippen molar-refractivity contribution in [2.45, 2.75) is 78.4 Å². The third kappa shape index (κ3) is 9.96. The van der Waals surface area contributed by atoms with Gasteiger partial charge in [-0.05, 0) is 39.0 Å². The van der Waals surface area contributed by atoms with Gasteiger partial charge in [0.05, 0.1) is 26.4 Å². The van der Waals surface area contributed by atoms with Crippen molar-refractivity contribution in [3.63, 3.8) is 0 Å². The number of carbonyl (C=O) groups excluding carboxylic acids is 2. The van der Waals surface area contributed by atoms with Crippen molar-refractivity contribution in [3.8, 4) is 0 Å². The molecule has 0 atom stereocenters. The smallest absolute Gasteiger partial charge is 0.407 e. The first kappa shape index (κ1) is 23.7. The predicted octanol–water partition coefficient (Wildman–Crippen LogP) is 3.02. The molecule has 158 valence electrons. The summed E-state index contributed by atoms with van der Waals surface area (Å²) in [6.07, 6.45) is 4.49. The molecule has 0 bridgehead atoms. The van der Waals surface area contributed by atoms with Crippen LogP contribution in [0.3, 0.4) is 0 Å². The Kier molecular flexibility index (Phi) is 10.1. The van der Waals surface area contributed by atoms with Crippen LogP contribution in [0, 0.1) is 5.41 Å². The van der Waals surface area contributed by atoms with Crippen LogP contribution in [0.2, 0.25) is 0 Å². The molecule has 7 nitrogen and oxygen atoms in total. The van der Waals surface area contributed by atoms with Crippen LogP contribution in [0.5, 0.6) is 0 Å². The highest BCUT2D eigenvalue weighted by Crippen LogP contribution is 2.46. The van der Waals surface area contributed by atoms with E-state index in [0.717, 1.165) is 12.8 Å². The summed E-state index contributed by atoms with van der Waals surface area (Å²) in [6, 6.07) is 0.332. The highest BCUT2D eigenvalue weighted by atomic mass is 16.6. The van der Waals surface area contributed by atoms with Crippen molar-refractivity contribution >= 4 is 12.0 Å². The van der Waals surface area contributed by atoms with Gasteiger partial charge in [-0.25, -0.2) is 4.79 Å². The Labute approximate surface area is 163 Å². The zero-order chi connectivity index (χ0) is 20.3. The van der Waals surface area contributed by atoms with Crippen molar-refractivity contribution in [1.29, 1.82) is 0 Å². The Morgan fingerprint density at radius 3 is 2.15 bits per heavy atom. The van der Waals surface area contributed by atoms with Gasteiger partial charge in [-0.1, -0.05) is 26.7 Å². The van der Waals surface area contributed by atoms with Crippen LogP contribution in [-0.2, 0) is 19.0 Å². The quantitative estimate of drug-likeness (QED) is 0.504. The van der Waals surface area contributed by atoms with Gasteiger partial charge in [0.1, 0.15) is 5.60 Å². The second kappa shape index (κ2) is 11.5. The number of alkyl carbamates (subject to hydrolysis) is 1. The van der Waals surface area contributed by atoms with Crippen LogP contribution >= 0.6 is 0 Å². The first-order valence-electron chi connectivity index (χ1n) is 10.1. The molecule has 0 spiro atoms. The summed E-state index contributed by atoms with van der Waals surface area (Å²) in [6.45, 7) is 11.9. The second-order valence-electron chi connectivity index (χ2n) is 8.28. The van der Waals surface area contributed by atoms with Crippen molar-refractivity contribution < 1.29 is 23.8 Å². The molecule has 0 aromatic heterocycles. The lowest BCUT2D eigenvalue weighted by Crippen LogP contribution is -2.50. The summed E-state index contributed by atoms with van der Waals surface area (Å²) in [7, 11) is 0. The summed E-state index contributed by atoms with van der Waals surface area (Å²) in [5.74, 6) is 0.0586. The van der Waals surface area contributed by atoms with E-state index in [2.05, 4.69) is 24.5 Å². The molecule has 2 amide bonds. The zero-order valence-electron chi connectivity index (χ0n) is 17.7. The molecule has 0 aliphatic heterocycles. The number of hydrogen-bond acceptors (Lipinski definition) is 5. The Balaban J connectivity index is 1.90. The van der Waals surface area contributed by atoms with Crippen molar-refractivity contribution in [3.05, 3.63) is 0 Å². The van der Waals surface area contributed by atoms with E-state index in [0.29, 0.717) is 50.8 Å². The second-order valence-corrected chi connectivity index (χ2v) is 8.28. The van der Waals surface area contributed by atoms with Gasteiger partial charge < -0.3 is 24.8 Å². The summed E-state index contributed by atoms with van der Waals surface area (Å²) in [5.41, 5.74) is -0.0526. The van der Waals surface area contributed by atoms with Crippen molar-refractivity contribution in [2.24, 2.45) is 5.41 Å². The molecule has 0 aromatic carbocycles. The summed E-state index contributed by atoms with van der Waals surface area (Å²) in [5, 5.41) is 5.70. The van der Waals surface area contributed by atoms with Gasteiger partial charge >= 0.3 is 6.09 Å². The van der Waals surface area contributed by atoms with Gasteiger partial charge in [0.25, 0.3) is 0 Å². The molecule has 0 aromatic rings. The van der Waals surface area contributed by atoms with E-state index < -0.39 is 11.7 Å². The van der Waals surface area contributed by atoms with Gasteiger partial charge in [-0.15, -0.1) is 0 Å². The van der Waals surface area contributed by atoms with Gasteiger partial charge in [0.2, 0.25) is 5.91 Å². The van der Waals surface area contributed by atoms with E-state index in [1.54, 1.807) is 0 Å². The molecule has 0 unspecified atom stereocenters. The standard InChI is InChI=1S/C20H38N2O5/c1-6-20(7-2)14-16(15-20)22-17(23)8-10-25-12-13-26-11-9-21-18(24)27-19(3,4)5/h16H,6-15H2,1-5H3,(H,21,24)(H,22,23). The largest absolute Gasteiger partial charge is 0.444 e. The van der Waals surface area contributed by atoms with E-state index in [1.165, 1.54) is 12.8 Å². The van der Waals surface area contributed by atoms with E-state index in [-0.39, 0.29) is 5.91 Å². The van der Waals surface area contributed by atoms with Crippen LogP contribution in [0.25, 0.3) is 0 Å². The SMILES string of the molecule is CCC1(CC)CC(NC(=O)CCOCCOCCNC(=O)OC(C)(C)C)C1. The number of hydrogen-bond donors (Lipinski definition) is 2. The summed E-state index contributed by atoms with van der Waals surface area (Å²) in [4.78, 5) is 23.3. The Morgan fingerprint density at radius 1 is 1.00 bits per heavy atom. The molecule has 1 rings (SSSR count). The van der Waals surface area contributed by atoms with Crippen LogP contribution in [-0.4, -0.2) is 56.6 Å². The third-order valence-electron chi connectivity index (χ3n) is 4.98. The maximum Gasteiger partial charge on any atom is 0.407 e. The molecule has 1 fully saturated rings. The number of rotatable bonds is 12. The monoisotopic (exact) mass is 386 g/mol. The normalized spacial score (nSPS) is 16.5. The lowest BCUT2D eigenvalue weighted by atomic mass is 9.62. The first-order chi connectivity index (χ1) is 12.7. The summed E-state index contributed by atoms with van der Waals surface area (Å²) >= 11 is 0. The van der Waals surface area contributed by atoms with E-state index >= 15 is 0 Å². The lowest BCUT2D eigenvalue weighted by molar-refractivity contribution is -0.124. The molecule has 27 heavy (non-hydrogen) atoms. The van der Waals surface area contributed by atoms with Crippen molar-refractivity contribution in [2.75, 3.05) is 33.0 Å². The average molecular weight is 387 g/mol. The Morgan fingerprint density at radius 2 is 1.59 bits per heavy atom. The van der Waals surface area contributed by atoms with Gasteiger partial charge in [0, 0.05) is 19.0 Å². The number of amides is 2. The average Bonchev–Trinajstić information content (AvgIpc) is 2.54. The number of ether oxygens (including phenoxy) is 3. The zero-order valence-corrected chi connectivity index (χ0v) is 17.7. The van der Waals surface area contributed by atoms with Gasteiger partial charge in [0.15, 0.2) is 0 Å². The van der Waals surface area contributed by atoms with Crippen LogP contribution < -0.4 is 10.6 Å². The molecule has 0 radical (unpaired) electrons. The fourth-order valence-corrected chi connectivity index (χ4v) is 3.24. The van der Waals surface area contributed by atoms with Crippen LogP contribution in [0.4, 0.5) is 4.79 Å². The minimum atomic E-state index is -0.501. The lowest BCUT2D eigenvalue weighted by Gasteiger charge is -2.47. The summed E-state index contributed by atoms with van der Waals surface area (Å²) < 4.78 is 15.9. The Hall–Kier alpha value is -1.34. The molecular weight excluding hydrogens is 348 g/mol. The maximum atomic E-state index is 11.9. The molecule has 2 N–H and O–H groups in total. The minimum Gasteiger partial charge on any atom is -0.444 e. The highest BCUT2D eigenvalue weighted by Gasteiger charge is 2.41. The number of carbonyl (C=O) groups is 2. The van der Waals surface area contributed by atoms with Gasteiger partial charge in [-0.3, -0.25) is 4.79 Å². The van der Waals surface area contributed by atoms with Gasteiger partial charge in [-0.2, -0.15) is 0 Å². The first-order valence-corrected chi connectivity index (χ1v) is 10.1. The van der Waals surface area contributed by atoms with E-state index in [4.69, 9.17) is 14.2 Å². The Bertz CT molecular complexity index is 450. The molecular formula is C20H38N2O5. The van der Waals surface area contributed by atoms with Crippen molar-refractivity contribution in [1.82, 2.24) is 10.6 Å². The number of nitrogens with one attached hydrogen (secondary N) is 2. The fourth-order valence-electron chi connectivity index (χ4n) is 3.24. The topological polar surface area (TPSA) is 85.9 Å². The molecule has 7 heteroatoms. The minimum absolute atomic E-state index is 0.0586. The molecule has 1 aliphatic carbocycles. The molecule has 0 heterocycles. The van der Waals surface area contributed by atoms with E-state index in [9.17, 15) is 9.59 Å². The fraction of sp³-hybridized carbons (Fsp3) is 0.900. The van der Waals surface area contributed by atoms with E-state index in [1.807, 2.05) is 20.8 Å². The highest BCUT2D eigenvalue weighted by molar-refractivity contribution is 5.76. The maximum absolute atomic E-state index is 11.9. The molecule has 1 saturated carbocycles. The van der Waals surface area contributed by atoms with Crippen LogP contribution in [0.1, 0.15) is 66.7 Å². The molecule has 1 aliphatic rings.